The Balaban J connectivity index is 1.67. The highest BCUT2D eigenvalue weighted by Gasteiger charge is 2.33. The van der Waals surface area contributed by atoms with Crippen molar-refractivity contribution >= 4 is 17.7 Å². The van der Waals surface area contributed by atoms with Gasteiger partial charge in [-0.25, -0.2) is 4.79 Å². The van der Waals surface area contributed by atoms with Gasteiger partial charge in [0.2, 0.25) is 0 Å². The molecule has 3 N–H and O–H groups in total. The van der Waals surface area contributed by atoms with E-state index >= 15 is 0 Å². The van der Waals surface area contributed by atoms with Crippen molar-refractivity contribution < 1.29 is 27.9 Å². The second-order valence-corrected chi connectivity index (χ2v) is 8.07. The van der Waals surface area contributed by atoms with Crippen LogP contribution in [0.2, 0.25) is 0 Å². The Labute approximate surface area is 188 Å². The van der Waals surface area contributed by atoms with Crippen LogP contribution in [-0.4, -0.2) is 23.1 Å². The van der Waals surface area contributed by atoms with E-state index in [0.717, 1.165) is 23.3 Å². The van der Waals surface area contributed by atoms with Crippen molar-refractivity contribution in [3.63, 3.8) is 0 Å². The predicted molar refractivity (Wildman–Crippen MR) is 118 cm³/mol. The number of carbonyl (C=O) groups excluding carboxylic acids is 1. The van der Waals surface area contributed by atoms with Gasteiger partial charge in [0, 0.05) is 17.3 Å². The lowest BCUT2D eigenvalue weighted by Crippen LogP contribution is -2.33. The third-order valence-corrected chi connectivity index (χ3v) is 5.69. The van der Waals surface area contributed by atoms with Gasteiger partial charge in [-0.3, -0.25) is 4.79 Å². The summed E-state index contributed by atoms with van der Waals surface area (Å²) >= 11 is 0. The van der Waals surface area contributed by atoms with E-state index in [1.54, 1.807) is 55.5 Å². The second-order valence-electron chi connectivity index (χ2n) is 8.07. The number of amides is 2. The number of alkyl halides is 3. The molecule has 0 spiro atoms. The molecule has 1 atom stereocenters. The largest absolute Gasteiger partial charge is 0.465 e. The molecule has 2 amide bonds. The molecule has 0 bridgehead atoms. The van der Waals surface area contributed by atoms with E-state index in [-0.39, 0.29) is 11.6 Å². The molecule has 3 aromatic rings. The minimum atomic E-state index is -4.59. The molecule has 4 rings (SSSR count). The lowest BCUT2D eigenvalue weighted by molar-refractivity contribution is -0.137. The number of halogens is 3. The maximum Gasteiger partial charge on any atom is 0.416 e. The molecule has 8 heteroatoms. The van der Waals surface area contributed by atoms with Crippen molar-refractivity contribution in [2.45, 2.75) is 32.0 Å². The molecule has 0 saturated heterocycles. The van der Waals surface area contributed by atoms with Gasteiger partial charge in [-0.2, -0.15) is 13.2 Å². The fraction of sp³-hybridized carbons (Fsp3) is 0.200. The topological polar surface area (TPSA) is 78.4 Å². The molecule has 0 saturated carbocycles. The highest BCUT2D eigenvalue weighted by Crippen LogP contribution is 2.36. The molecular weight excluding hydrogens is 433 g/mol. The number of rotatable bonds is 4. The predicted octanol–water partition coefficient (Wildman–Crippen LogP) is 5.67. The normalized spacial score (nSPS) is 15.1. The van der Waals surface area contributed by atoms with Crippen molar-refractivity contribution in [3.05, 3.63) is 88.5 Å². The van der Waals surface area contributed by atoms with Crippen molar-refractivity contribution in [1.82, 2.24) is 5.32 Å². The molecule has 5 nitrogen and oxygen atoms in total. The molecule has 0 heterocycles. The van der Waals surface area contributed by atoms with Crippen LogP contribution in [0.15, 0.2) is 60.7 Å². The maximum absolute atomic E-state index is 13.5. The average molecular weight is 454 g/mol. The standard InChI is InChI=1S/C25H21F3N2O3/c1-14-9-18(25(26,27)28)13-21(22(14)15-5-3-2-4-6-15)23(31)29-19-8-7-16-10-20(30-24(32)33)12-17(16)11-19/h2-9,11,13,20,30H,10,12H2,1H3,(H,29,31)(H,32,33)/t20-/m1/s1. The summed E-state index contributed by atoms with van der Waals surface area (Å²) in [7, 11) is 0. The van der Waals surface area contributed by atoms with Gasteiger partial charge in [0.15, 0.2) is 0 Å². The van der Waals surface area contributed by atoms with E-state index in [1.807, 2.05) is 0 Å². The van der Waals surface area contributed by atoms with Crippen LogP contribution in [0, 0.1) is 6.92 Å². The number of carbonyl (C=O) groups is 2. The second kappa shape index (κ2) is 8.61. The van der Waals surface area contributed by atoms with Crippen LogP contribution >= 0.6 is 0 Å². The summed E-state index contributed by atoms with van der Waals surface area (Å²) in [4.78, 5) is 24.1. The first kappa shape index (κ1) is 22.4. The Bertz CT molecular complexity index is 1220. The molecule has 0 aromatic heterocycles. The number of anilines is 1. The molecule has 0 fully saturated rings. The molecule has 3 aromatic carbocycles. The van der Waals surface area contributed by atoms with Gasteiger partial charge >= 0.3 is 12.3 Å². The van der Waals surface area contributed by atoms with Crippen LogP contribution in [0.4, 0.5) is 23.7 Å². The number of aryl methyl sites for hydroxylation is 1. The van der Waals surface area contributed by atoms with Crippen LogP contribution < -0.4 is 10.6 Å². The number of fused-ring (bicyclic) bond motifs is 1. The Morgan fingerprint density at radius 3 is 2.33 bits per heavy atom. The van der Waals surface area contributed by atoms with Gasteiger partial charge in [-0.05, 0) is 71.8 Å². The van der Waals surface area contributed by atoms with E-state index in [4.69, 9.17) is 5.11 Å². The van der Waals surface area contributed by atoms with Gasteiger partial charge in [-0.1, -0.05) is 36.4 Å². The first-order valence-electron chi connectivity index (χ1n) is 10.3. The zero-order valence-electron chi connectivity index (χ0n) is 17.7. The fourth-order valence-electron chi connectivity index (χ4n) is 4.29. The van der Waals surface area contributed by atoms with Crippen molar-refractivity contribution in [1.29, 1.82) is 0 Å². The van der Waals surface area contributed by atoms with Crippen LogP contribution in [0.1, 0.15) is 32.6 Å². The van der Waals surface area contributed by atoms with Crippen LogP contribution in [-0.2, 0) is 19.0 Å². The summed E-state index contributed by atoms with van der Waals surface area (Å²) in [5.74, 6) is -0.652. The van der Waals surface area contributed by atoms with Crippen molar-refractivity contribution in [2.24, 2.45) is 0 Å². The quantitative estimate of drug-likeness (QED) is 0.476. The van der Waals surface area contributed by atoms with Crippen molar-refractivity contribution in [3.8, 4) is 11.1 Å². The van der Waals surface area contributed by atoms with Crippen LogP contribution in [0.3, 0.4) is 0 Å². The van der Waals surface area contributed by atoms with E-state index in [1.165, 1.54) is 0 Å². The van der Waals surface area contributed by atoms with Crippen LogP contribution in [0.25, 0.3) is 11.1 Å². The summed E-state index contributed by atoms with van der Waals surface area (Å²) in [5, 5.41) is 14.1. The SMILES string of the molecule is Cc1cc(C(F)(F)F)cc(C(=O)Nc2ccc3c(c2)C[C@H](NC(=O)O)C3)c1-c1ccccc1. The summed E-state index contributed by atoms with van der Waals surface area (Å²) in [5.41, 5.74) is 2.75. The van der Waals surface area contributed by atoms with Gasteiger partial charge < -0.3 is 15.7 Å². The van der Waals surface area contributed by atoms with Gasteiger partial charge in [-0.15, -0.1) is 0 Å². The molecule has 170 valence electrons. The number of hydrogen-bond donors (Lipinski definition) is 3. The zero-order valence-corrected chi connectivity index (χ0v) is 17.7. The Morgan fingerprint density at radius 1 is 0.970 bits per heavy atom. The van der Waals surface area contributed by atoms with E-state index in [0.29, 0.717) is 35.2 Å². The number of hydrogen-bond acceptors (Lipinski definition) is 2. The summed E-state index contributed by atoms with van der Waals surface area (Å²) in [6.45, 7) is 1.55. The van der Waals surface area contributed by atoms with Crippen LogP contribution in [0.5, 0.6) is 0 Å². The molecular formula is C25H21F3N2O3. The van der Waals surface area contributed by atoms with Gasteiger partial charge in [0.1, 0.15) is 0 Å². The zero-order chi connectivity index (χ0) is 23.8. The highest BCUT2D eigenvalue weighted by molar-refractivity contribution is 6.09. The Hall–Kier alpha value is -3.81. The average Bonchev–Trinajstić information content (AvgIpc) is 3.13. The Kier molecular flexibility index (Phi) is 5.84. The fourth-order valence-corrected chi connectivity index (χ4v) is 4.29. The first-order valence-corrected chi connectivity index (χ1v) is 10.3. The van der Waals surface area contributed by atoms with E-state index in [9.17, 15) is 22.8 Å². The molecule has 0 aliphatic heterocycles. The minimum Gasteiger partial charge on any atom is -0.465 e. The minimum absolute atomic E-state index is 0.0700. The lowest BCUT2D eigenvalue weighted by Gasteiger charge is -2.17. The maximum atomic E-state index is 13.5. The monoisotopic (exact) mass is 454 g/mol. The van der Waals surface area contributed by atoms with Gasteiger partial charge in [0.25, 0.3) is 5.91 Å². The first-order chi connectivity index (χ1) is 15.6. The molecule has 1 aliphatic rings. The van der Waals surface area contributed by atoms with E-state index < -0.39 is 23.7 Å². The third-order valence-electron chi connectivity index (χ3n) is 5.69. The van der Waals surface area contributed by atoms with E-state index in [2.05, 4.69) is 10.6 Å². The Morgan fingerprint density at radius 2 is 1.67 bits per heavy atom. The van der Waals surface area contributed by atoms with Crippen molar-refractivity contribution in [2.75, 3.05) is 5.32 Å². The smallest absolute Gasteiger partial charge is 0.416 e. The molecule has 0 radical (unpaired) electrons. The number of benzene rings is 3. The van der Waals surface area contributed by atoms with Gasteiger partial charge in [0.05, 0.1) is 5.56 Å². The third kappa shape index (κ3) is 4.84. The lowest BCUT2D eigenvalue weighted by atomic mass is 9.92. The number of nitrogens with one attached hydrogen (secondary N) is 2. The molecule has 1 aliphatic carbocycles. The number of carboxylic acid groups (broad SMARTS) is 1. The summed E-state index contributed by atoms with van der Waals surface area (Å²) in [6, 6.07) is 15.7. The summed E-state index contributed by atoms with van der Waals surface area (Å²) < 4.78 is 40.4. The molecule has 33 heavy (non-hydrogen) atoms. The summed E-state index contributed by atoms with van der Waals surface area (Å²) in [6.07, 6.45) is -4.67. The highest BCUT2D eigenvalue weighted by atomic mass is 19.4. The molecule has 0 unspecified atom stereocenters.